The van der Waals surface area contributed by atoms with Crippen molar-refractivity contribution in [3.05, 3.63) is 101 Å². The van der Waals surface area contributed by atoms with Crippen molar-refractivity contribution >= 4 is 33.7 Å². The van der Waals surface area contributed by atoms with Crippen LogP contribution in [0.3, 0.4) is 0 Å². The second-order valence-corrected chi connectivity index (χ2v) is 7.39. The Labute approximate surface area is 187 Å². The fourth-order valence-corrected chi connectivity index (χ4v) is 3.77. The van der Waals surface area contributed by atoms with Crippen molar-refractivity contribution in [1.82, 2.24) is 9.78 Å². The first-order valence-corrected chi connectivity index (χ1v) is 10.1. The van der Waals surface area contributed by atoms with Gasteiger partial charge in [0.1, 0.15) is 22.9 Å². The molecule has 1 amide bonds. The highest BCUT2D eigenvalue weighted by Gasteiger charge is 2.18. The Hall–Kier alpha value is -4.96. The molecule has 0 saturated heterocycles. The van der Waals surface area contributed by atoms with Crippen LogP contribution in [0.15, 0.2) is 93.8 Å². The first kappa shape index (κ1) is 20.0. The lowest BCUT2D eigenvalue weighted by Crippen LogP contribution is -2.12. The van der Waals surface area contributed by atoms with Crippen LogP contribution in [0.5, 0.6) is 0 Å². The molecule has 2 heterocycles. The summed E-state index contributed by atoms with van der Waals surface area (Å²) in [6.45, 7) is 0. The normalized spacial score (nSPS) is 11.5. The van der Waals surface area contributed by atoms with Gasteiger partial charge >= 0.3 is 5.63 Å². The molecule has 0 unspecified atom stereocenters. The van der Waals surface area contributed by atoms with Gasteiger partial charge in [0.15, 0.2) is 0 Å². The molecule has 0 aliphatic rings. The summed E-state index contributed by atoms with van der Waals surface area (Å²) in [5, 5.41) is 16.6. The number of primary amides is 1. The summed E-state index contributed by atoms with van der Waals surface area (Å²) >= 11 is 0. The monoisotopic (exact) mass is 432 g/mol. The number of amides is 1. The lowest BCUT2D eigenvalue weighted by molar-refractivity contribution is -0.114. The lowest BCUT2D eigenvalue weighted by Gasteiger charge is -2.05. The van der Waals surface area contributed by atoms with Crippen LogP contribution in [0.25, 0.3) is 44.8 Å². The topological polar surface area (TPSA) is 115 Å². The smallest absolute Gasteiger partial charge is 0.345 e. The van der Waals surface area contributed by atoms with Crippen LogP contribution in [0.1, 0.15) is 5.56 Å². The van der Waals surface area contributed by atoms with Crippen LogP contribution in [0.2, 0.25) is 0 Å². The van der Waals surface area contributed by atoms with Crippen LogP contribution in [0.4, 0.5) is 0 Å². The molecule has 33 heavy (non-hydrogen) atoms. The summed E-state index contributed by atoms with van der Waals surface area (Å²) in [5.41, 5.74) is 6.57. The number of fused-ring (bicyclic) bond motifs is 3. The van der Waals surface area contributed by atoms with Gasteiger partial charge in [0.05, 0.1) is 11.3 Å². The molecule has 0 fully saturated rings. The van der Waals surface area contributed by atoms with E-state index in [4.69, 9.17) is 10.2 Å². The third-order valence-electron chi connectivity index (χ3n) is 5.35. The zero-order valence-corrected chi connectivity index (χ0v) is 17.2. The van der Waals surface area contributed by atoms with Crippen molar-refractivity contribution in [1.29, 1.82) is 5.26 Å². The van der Waals surface area contributed by atoms with Crippen molar-refractivity contribution in [2.24, 2.45) is 5.73 Å². The maximum Gasteiger partial charge on any atom is 0.345 e. The molecule has 2 N–H and O–H groups in total. The second-order valence-electron chi connectivity index (χ2n) is 7.39. The number of carbonyl (C=O) groups excluding carboxylic acids is 1. The Morgan fingerprint density at radius 1 is 1.03 bits per heavy atom. The molecule has 158 valence electrons. The molecule has 7 heteroatoms. The lowest BCUT2D eigenvalue weighted by atomic mass is 10.0. The van der Waals surface area contributed by atoms with E-state index >= 15 is 0 Å². The van der Waals surface area contributed by atoms with Gasteiger partial charge in [0, 0.05) is 17.1 Å². The molecule has 0 saturated carbocycles. The minimum Gasteiger partial charge on any atom is -0.422 e. The number of hydrogen-bond donors (Lipinski definition) is 1. The third-order valence-corrected chi connectivity index (χ3v) is 5.35. The van der Waals surface area contributed by atoms with Gasteiger partial charge in [-0.2, -0.15) is 10.4 Å². The summed E-state index contributed by atoms with van der Waals surface area (Å²) in [6.07, 6.45) is 2.97. The van der Waals surface area contributed by atoms with Gasteiger partial charge in [0.25, 0.3) is 5.91 Å². The number of benzene rings is 3. The molecule has 7 nitrogen and oxygen atoms in total. The van der Waals surface area contributed by atoms with E-state index in [0.717, 1.165) is 21.8 Å². The van der Waals surface area contributed by atoms with Crippen molar-refractivity contribution in [2.45, 2.75) is 0 Å². The number of carbonyl (C=O) groups is 1. The van der Waals surface area contributed by atoms with Gasteiger partial charge in [-0.05, 0) is 41.1 Å². The Kier molecular flexibility index (Phi) is 4.81. The zero-order valence-electron chi connectivity index (χ0n) is 17.2. The first-order chi connectivity index (χ1) is 16.0. The van der Waals surface area contributed by atoms with Crippen LogP contribution in [-0.4, -0.2) is 15.7 Å². The van der Waals surface area contributed by atoms with Crippen LogP contribution < -0.4 is 11.4 Å². The van der Waals surface area contributed by atoms with Gasteiger partial charge in [0.2, 0.25) is 0 Å². The minimum atomic E-state index is -0.868. The molecule has 0 aliphatic heterocycles. The summed E-state index contributed by atoms with van der Waals surface area (Å²) in [7, 11) is 0. The summed E-state index contributed by atoms with van der Waals surface area (Å²) in [6, 6.07) is 24.2. The number of hydrogen-bond acceptors (Lipinski definition) is 5. The summed E-state index contributed by atoms with van der Waals surface area (Å²) < 4.78 is 7.20. The summed E-state index contributed by atoms with van der Waals surface area (Å²) in [4.78, 5) is 24.6. The zero-order chi connectivity index (χ0) is 22.9. The Morgan fingerprint density at radius 3 is 2.55 bits per heavy atom. The van der Waals surface area contributed by atoms with Gasteiger partial charge in [-0.15, -0.1) is 0 Å². The molecule has 0 radical (unpaired) electrons. The maximum absolute atomic E-state index is 13.0. The molecular formula is C26H16N4O3. The molecule has 0 atom stereocenters. The SMILES string of the molecule is N#CC(=Cc1cn(-c2ccccc2)nc1-c1cc2c(ccc3ccccc32)oc1=O)C(N)=O. The Balaban J connectivity index is 1.81. The largest absolute Gasteiger partial charge is 0.422 e. The predicted molar refractivity (Wildman–Crippen MR) is 125 cm³/mol. The molecular weight excluding hydrogens is 416 g/mol. The van der Waals surface area contributed by atoms with E-state index in [1.807, 2.05) is 60.7 Å². The second kappa shape index (κ2) is 7.94. The summed E-state index contributed by atoms with van der Waals surface area (Å²) in [5.74, 6) is -0.868. The molecule has 0 aliphatic carbocycles. The van der Waals surface area contributed by atoms with Crippen molar-refractivity contribution in [3.8, 4) is 23.0 Å². The van der Waals surface area contributed by atoms with Crippen molar-refractivity contribution in [3.63, 3.8) is 0 Å². The van der Waals surface area contributed by atoms with Gasteiger partial charge in [-0.1, -0.05) is 48.5 Å². The minimum absolute atomic E-state index is 0.210. The van der Waals surface area contributed by atoms with Crippen LogP contribution >= 0.6 is 0 Å². The molecule has 0 spiro atoms. The molecule has 2 aromatic heterocycles. The molecule has 5 aromatic rings. The average molecular weight is 432 g/mol. The number of rotatable bonds is 4. The highest BCUT2D eigenvalue weighted by atomic mass is 16.4. The van der Waals surface area contributed by atoms with E-state index in [1.54, 1.807) is 29.1 Å². The maximum atomic E-state index is 13.0. The van der Waals surface area contributed by atoms with E-state index in [-0.39, 0.29) is 16.8 Å². The number of para-hydroxylation sites is 1. The van der Waals surface area contributed by atoms with E-state index in [0.29, 0.717) is 11.1 Å². The standard InChI is InChI=1S/C26H16N4O3/c27-14-17(25(28)31)12-18-15-30(19-7-2-1-3-8-19)29-24(18)22-13-21-20-9-5-4-6-16(20)10-11-23(21)33-26(22)32/h1-13,15H,(H2,28,31). The van der Waals surface area contributed by atoms with E-state index < -0.39 is 11.5 Å². The van der Waals surface area contributed by atoms with E-state index in [9.17, 15) is 14.9 Å². The number of nitrogens with two attached hydrogens (primary N) is 1. The van der Waals surface area contributed by atoms with Crippen LogP contribution in [0, 0.1) is 11.3 Å². The van der Waals surface area contributed by atoms with Gasteiger partial charge in [-0.3, -0.25) is 4.79 Å². The average Bonchev–Trinajstić information content (AvgIpc) is 3.26. The van der Waals surface area contributed by atoms with Gasteiger partial charge in [-0.25, -0.2) is 9.48 Å². The highest BCUT2D eigenvalue weighted by molar-refractivity contribution is 6.06. The van der Waals surface area contributed by atoms with Crippen molar-refractivity contribution < 1.29 is 9.21 Å². The molecule has 5 rings (SSSR count). The van der Waals surface area contributed by atoms with E-state index in [1.165, 1.54) is 6.08 Å². The van der Waals surface area contributed by atoms with Crippen LogP contribution in [-0.2, 0) is 4.79 Å². The first-order valence-electron chi connectivity index (χ1n) is 10.1. The predicted octanol–water partition coefficient (Wildman–Crippen LogP) is 4.19. The third kappa shape index (κ3) is 3.56. The highest BCUT2D eigenvalue weighted by Crippen LogP contribution is 2.30. The fraction of sp³-hybridized carbons (Fsp3) is 0. The fourth-order valence-electron chi connectivity index (χ4n) is 3.77. The van der Waals surface area contributed by atoms with Crippen molar-refractivity contribution in [2.75, 3.05) is 0 Å². The quantitative estimate of drug-likeness (QED) is 0.198. The number of nitriles is 1. The Bertz CT molecular complexity index is 1670. The molecule has 3 aromatic carbocycles. The van der Waals surface area contributed by atoms with Gasteiger partial charge < -0.3 is 10.2 Å². The Morgan fingerprint density at radius 2 is 1.79 bits per heavy atom. The van der Waals surface area contributed by atoms with E-state index in [2.05, 4.69) is 5.10 Å². The number of aromatic nitrogens is 2. The number of nitrogens with zero attached hydrogens (tertiary/aromatic N) is 3. The molecule has 0 bridgehead atoms.